The van der Waals surface area contributed by atoms with E-state index in [9.17, 15) is 14.9 Å². The first-order valence-corrected chi connectivity index (χ1v) is 10.7. The summed E-state index contributed by atoms with van der Waals surface area (Å²) in [5.74, 6) is 0.224. The number of para-hydroxylation sites is 2. The Balaban J connectivity index is 1.83. The van der Waals surface area contributed by atoms with Gasteiger partial charge in [-0.05, 0) is 48.2 Å². The van der Waals surface area contributed by atoms with Gasteiger partial charge >= 0.3 is 0 Å². The lowest BCUT2D eigenvalue weighted by molar-refractivity contribution is -0.385. The highest BCUT2D eigenvalue weighted by Crippen LogP contribution is 2.40. The molecule has 9 heteroatoms. The zero-order valence-corrected chi connectivity index (χ0v) is 18.6. The number of aliphatic imine (C=N–C) groups is 1. The Morgan fingerprint density at radius 2 is 1.58 bits per heavy atom. The summed E-state index contributed by atoms with van der Waals surface area (Å²) < 4.78 is 10.5. The zero-order chi connectivity index (χ0) is 23.4. The molecule has 0 N–H and O–H groups in total. The molecule has 1 amide bonds. The van der Waals surface area contributed by atoms with Crippen LogP contribution in [0, 0.1) is 10.1 Å². The van der Waals surface area contributed by atoms with Gasteiger partial charge in [0.15, 0.2) is 16.7 Å². The fourth-order valence-electron chi connectivity index (χ4n) is 3.27. The standard InChI is InChI=1S/C24H19N3O5S/c1-31-20-13-16(19(27(29)30)15-21(20)32-2)14-22-23(28)26(18-11-7-4-8-12-18)24(33-22)25-17-9-5-3-6-10-17/h3-15H,1-2H3/b22-14+,25-24?. The molecular weight excluding hydrogens is 442 g/mol. The normalized spacial score (nSPS) is 15.8. The van der Waals surface area contributed by atoms with Crippen molar-refractivity contribution in [3.8, 4) is 11.5 Å². The molecule has 1 aliphatic heterocycles. The van der Waals surface area contributed by atoms with E-state index in [0.717, 1.165) is 11.8 Å². The molecule has 0 aromatic heterocycles. The van der Waals surface area contributed by atoms with Crippen molar-refractivity contribution in [2.75, 3.05) is 19.1 Å². The second kappa shape index (κ2) is 9.58. The van der Waals surface area contributed by atoms with E-state index in [1.165, 1.54) is 37.3 Å². The highest BCUT2D eigenvalue weighted by atomic mass is 32.2. The molecule has 3 aromatic carbocycles. The predicted molar refractivity (Wildman–Crippen MR) is 129 cm³/mol. The topological polar surface area (TPSA) is 94.3 Å². The molecule has 8 nitrogen and oxygen atoms in total. The van der Waals surface area contributed by atoms with Gasteiger partial charge in [-0.2, -0.15) is 0 Å². The van der Waals surface area contributed by atoms with Gasteiger partial charge in [0.1, 0.15) is 0 Å². The van der Waals surface area contributed by atoms with Gasteiger partial charge in [-0.25, -0.2) is 4.99 Å². The van der Waals surface area contributed by atoms with Gasteiger partial charge in [0.05, 0.1) is 47.1 Å². The van der Waals surface area contributed by atoms with E-state index in [-0.39, 0.29) is 22.9 Å². The lowest BCUT2D eigenvalue weighted by atomic mass is 10.1. The molecule has 0 saturated carbocycles. The zero-order valence-electron chi connectivity index (χ0n) is 17.8. The number of carbonyl (C=O) groups is 1. The number of amidine groups is 1. The maximum absolute atomic E-state index is 13.4. The molecule has 4 rings (SSSR count). The van der Waals surface area contributed by atoms with E-state index >= 15 is 0 Å². The summed E-state index contributed by atoms with van der Waals surface area (Å²) in [6.45, 7) is 0. The summed E-state index contributed by atoms with van der Waals surface area (Å²) in [6.07, 6.45) is 1.48. The van der Waals surface area contributed by atoms with E-state index in [0.29, 0.717) is 27.2 Å². The lowest BCUT2D eigenvalue weighted by Crippen LogP contribution is -2.28. The van der Waals surface area contributed by atoms with Gasteiger partial charge in [-0.3, -0.25) is 19.8 Å². The number of hydrogen-bond donors (Lipinski definition) is 0. The van der Waals surface area contributed by atoms with Gasteiger partial charge in [0.25, 0.3) is 11.6 Å². The summed E-state index contributed by atoms with van der Waals surface area (Å²) in [6, 6.07) is 21.2. The van der Waals surface area contributed by atoms with Crippen molar-refractivity contribution in [1.29, 1.82) is 0 Å². The smallest absolute Gasteiger partial charge is 0.280 e. The van der Waals surface area contributed by atoms with E-state index in [4.69, 9.17) is 9.47 Å². The molecule has 1 aliphatic rings. The number of nitrogens with zero attached hydrogens (tertiary/aromatic N) is 3. The van der Waals surface area contributed by atoms with Crippen molar-refractivity contribution in [3.63, 3.8) is 0 Å². The fourth-order valence-corrected chi connectivity index (χ4v) is 4.26. The van der Waals surface area contributed by atoms with Crippen molar-refractivity contribution >= 4 is 46.0 Å². The second-order valence-electron chi connectivity index (χ2n) is 6.84. The largest absolute Gasteiger partial charge is 0.493 e. The van der Waals surface area contributed by atoms with Crippen LogP contribution in [0.5, 0.6) is 11.5 Å². The van der Waals surface area contributed by atoms with E-state index in [2.05, 4.69) is 4.99 Å². The molecular formula is C24H19N3O5S. The number of hydrogen-bond acceptors (Lipinski definition) is 7. The number of benzene rings is 3. The van der Waals surface area contributed by atoms with Crippen molar-refractivity contribution < 1.29 is 19.2 Å². The van der Waals surface area contributed by atoms with Crippen LogP contribution < -0.4 is 14.4 Å². The van der Waals surface area contributed by atoms with Crippen LogP contribution in [0.15, 0.2) is 82.7 Å². The third-order valence-electron chi connectivity index (χ3n) is 4.82. The van der Waals surface area contributed by atoms with Crippen LogP contribution in [-0.4, -0.2) is 30.2 Å². The van der Waals surface area contributed by atoms with Gasteiger partial charge in [0, 0.05) is 0 Å². The lowest BCUT2D eigenvalue weighted by Gasteiger charge is -2.15. The minimum Gasteiger partial charge on any atom is -0.493 e. The molecule has 33 heavy (non-hydrogen) atoms. The van der Waals surface area contributed by atoms with Crippen LogP contribution in [0.1, 0.15) is 5.56 Å². The highest BCUT2D eigenvalue weighted by molar-refractivity contribution is 8.19. The van der Waals surface area contributed by atoms with Crippen LogP contribution in [0.2, 0.25) is 0 Å². The Bertz CT molecular complexity index is 1260. The number of nitro benzene ring substituents is 1. The summed E-state index contributed by atoms with van der Waals surface area (Å²) in [4.78, 5) is 31.0. The molecule has 166 valence electrons. The first-order valence-electron chi connectivity index (χ1n) is 9.85. The first kappa shape index (κ1) is 22.1. The SMILES string of the molecule is COc1cc(/C=C2/SC(=Nc3ccccc3)N(c3ccccc3)C2=O)c([N+](=O)[O-])cc1OC. The van der Waals surface area contributed by atoms with Crippen molar-refractivity contribution in [2.45, 2.75) is 0 Å². The molecule has 0 unspecified atom stereocenters. The van der Waals surface area contributed by atoms with Gasteiger partial charge in [-0.15, -0.1) is 0 Å². The molecule has 0 aliphatic carbocycles. The summed E-state index contributed by atoms with van der Waals surface area (Å²) in [7, 11) is 2.85. The Hall–Kier alpha value is -4.11. The Morgan fingerprint density at radius 1 is 0.970 bits per heavy atom. The summed E-state index contributed by atoms with van der Waals surface area (Å²) in [5.41, 5.74) is 1.36. The Labute approximate surface area is 194 Å². The summed E-state index contributed by atoms with van der Waals surface area (Å²) in [5, 5.41) is 12.1. The van der Waals surface area contributed by atoms with E-state index < -0.39 is 4.92 Å². The van der Waals surface area contributed by atoms with Crippen molar-refractivity contribution in [3.05, 3.63) is 93.4 Å². The average Bonchev–Trinajstić information content (AvgIpc) is 3.14. The number of nitro groups is 1. The van der Waals surface area contributed by atoms with E-state index in [1.807, 2.05) is 48.5 Å². The van der Waals surface area contributed by atoms with Gasteiger partial charge in [0.2, 0.25) is 0 Å². The number of ether oxygens (including phenoxy) is 2. The number of amides is 1. The molecule has 1 fully saturated rings. The minimum atomic E-state index is -0.521. The highest BCUT2D eigenvalue weighted by Gasteiger charge is 2.35. The third-order valence-corrected chi connectivity index (χ3v) is 5.79. The molecule has 0 bridgehead atoms. The van der Waals surface area contributed by atoms with Crippen molar-refractivity contribution in [2.24, 2.45) is 4.99 Å². The average molecular weight is 461 g/mol. The molecule has 1 heterocycles. The van der Waals surface area contributed by atoms with Crippen LogP contribution in [0.4, 0.5) is 17.1 Å². The van der Waals surface area contributed by atoms with Crippen LogP contribution in [-0.2, 0) is 4.79 Å². The second-order valence-corrected chi connectivity index (χ2v) is 7.85. The third kappa shape index (κ3) is 4.58. The fraction of sp³-hybridized carbons (Fsp3) is 0.0833. The van der Waals surface area contributed by atoms with Crippen LogP contribution in [0.3, 0.4) is 0 Å². The maximum atomic E-state index is 13.4. The number of anilines is 1. The van der Waals surface area contributed by atoms with Gasteiger partial charge in [-0.1, -0.05) is 36.4 Å². The predicted octanol–water partition coefficient (Wildman–Crippen LogP) is 5.42. The number of methoxy groups -OCH3 is 2. The van der Waals surface area contributed by atoms with Crippen LogP contribution >= 0.6 is 11.8 Å². The summed E-state index contributed by atoms with van der Waals surface area (Å²) >= 11 is 1.15. The maximum Gasteiger partial charge on any atom is 0.280 e. The van der Waals surface area contributed by atoms with Crippen LogP contribution in [0.25, 0.3) is 6.08 Å². The Kier molecular flexibility index (Phi) is 6.41. The molecule has 0 atom stereocenters. The molecule has 0 radical (unpaired) electrons. The number of thioether (sulfide) groups is 1. The number of rotatable bonds is 6. The van der Waals surface area contributed by atoms with Gasteiger partial charge < -0.3 is 9.47 Å². The molecule has 0 spiro atoms. The Morgan fingerprint density at radius 3 is 2.18 bits per heavy atom. The first-order chi connectivity index (χ1) is 16.0. The monoisotopic (exact) mass is 461 g/mol. The number of carbonyl (C=O) groups excluding carboxylic acids is 1. The molecule has 3 aromatic rings. The quantitative estimate of drug-likeness (QED) is 0.276. The van der Waals surface area contributed by atoms with Crippen molar-refractivity contribution in [1.82, 2.24) is 0 Å². The minimum absolute atomic E-state index is 0.201. The van der Waals surface area contributed by atoms with E-state index in [1.54, 1.807) is 12.1 Å². The molecule has 1 saturated heterocycles.